The summed E-state index contributed by atoms with van der Waals surface area (Å²) < 4.78 is 69.0. The number of alkyl halides is 3. The van der Waals surface area contributed by atoms with E-state index in [9.17, 15) is 18.4 Å². The Morgan fingerprint density at radius 2 is 1.67 bits per heavy atom. The topological polar surface area (TPSA) is 87.7 Å². The van der Waals surface area contributed by atoms with Crippen molar-refractivity contribution in [2.45, 2.75) is 127 Å². The molecule has 2 aliphatic carbocycles. The van der Waals surface area contributed by atoms with E-state index in [1.54, 1.807) is 6.07 Å². The molecular formula is C37H47F3N2O5Si. The van der Waals surface area contributed by atoms with Crippen LogP contribution in [0.1, 0.15) is 135 Å². The van der Waals surface area contributed by atoms with Gasteiger partial charge in [0.2, 0.25) is 5.69 Å². The summed E-state index contributed by atoms with van der Waals surface area (Å²) in [6.07, 6.45) is 1.46. The van der Waals surface area contributed by atoms with Gasteiger partial charge in [-0.25, -0.2) is 0 Å². The Morgan fingerprint density at radius 3 is 2.25 bits per heavy atom. The van der Waals surface area contributed by atoms with E-state index in [1.807, 2.05) is 0 Å². The molecule has 2 spiro atoms. The highest BCUT2D eigenvalue weighted by atomic mass is 28.4. The normalized spacial score (nSPS) is 25.4. The summed E-state index contributed by atoms with van der Waals surface area (Å²) in [6, 6.07) is 5.49. The molecular weight excluding hydrogens is 637 g/mol. The van der Waals surface area contributed by atoms with Crippen molar-refractivity contribution in [3.05, 3.63) is 68.2 Å². The molecule has 2 saturated heterocycles. The number of nitrogens with zero attached hydrogens (tertiary/aromatic N) is 2. The Bertz CT molecular complexity index is 1630. The van der Waals surface area contributed by atoms with Gasteiger partial charge >= 0.3 is 6.18 Å². The van der Waals surface area contributed by atoms with E-state index in [0.29, 0.717) is 69.8 Å². The molecule has 7 nitrogen and oxygen atoms in total. The standard InChI is InChI=1S/C37H47F3N2O5Si/c1-34(2,3)48(4,5)47-28-21-35(11-6-12-35)20-27-29(28)31-30(32(42(27)43)23-9-15-44-16-10-23)33(46-36(31)13-17-45-18-14-36)24-7-8-26(37(38,39)40)25(19-24)22-41/h7-8,19,23,28,33H,6,9-18,20-21H2,1-5H3/t28-,33+/m0/s1. The second-order valence-electron chi connectivity index (χ2n) is 16.3. The fourth-order valence-corrected chi connectivity index (χ4v) is 10.00. The SMILES string of the molecule is CC(C)(C)[Si](C)(C)O[C@H]1CC2(CCC2)Cc2c1c1c(c(C3CCOCC3)[n+]2[O-])[C@@H](c2ccc(C(F)(F)F)c(C#N)c2)OC12CCOCC2. The van der Waals surface area contributed by atoms with Crippen LogP contribution in [-0.2, 0) is 36.8 Å². The molecule has 3 aliphatic heterocycles. The third-order valence-corrected chi connectivity index (χ3v) is 17.0. The zero-order valence-corrected chi connectivity index (χ0v) is 29.7. The summed E-state index contributed by atoms with van der Waals surface area (Å²) in [4.78, 5) is 0. The molecule has 1 aromatic heterocycles. The number of ether oxygens (including phenoxy) is 3. The minimum Gasteiger partial charge on any atom is -0.618 e. The Morgan fingerprint density at radius 1 is 1.00 bits per heavy atom. The molecule has 0 N–H and O–H groups in total. The highest BCUT2D eigenvalue weighted by molar-refractivity contribution is 6.74. The zero-order valence-electron chi connectivity index (χ0n) is 28.7. The first kappa shape index (κ1) is 34.0. The molecule has 3 fully saturated rings. The molecule has 0 unspecified atom stereocenters. The van der Waals surface area contributed by atoms with E-state index >= 15 is 5.21 Å². The summed E-state index contributed by atoms with van der Waals surface area (Å²) in [5.41, 5.74) is 2.37. The van der Waals surface area contributed by atoms with Gasteiger partial charge in [-0.15, -0.1) is 0 Å². The van der Waals surface area contributed by atoms with Crippen molar-refractivity contribution in [3.63, 3.8) is 0 Å². The number of benzene rings is 1. The van der Waals surface area contributed by atoms with Gasteiger partial charge in [-0.1, -0.05) is 33.3 Å². The number of nitriles is 1. The van der Waals surface area contributed by atoms with Gasteiger partial charge in [0.15, 0.2) is 14.0 Å². The Labute approximate surface area is 282 Å². The largest absolute Gasteiger partial charge is 0.618 e. The lowest BCUT2D eigenvalue weighted by atomic mass is 9.58. The minimum atomic E-state index is -4.67. The number of fused-ring (bicyclic) bond motifs is 4. The lowest BCUT2D eigenvalue weighted by molar-refractivity contribution is -0.627. The van der Waals surface area contributed by atoms with Gasteiger partial charge in [0.25, 0.3) is 0 Å². The van der Waals surface area contributed by atoms with Crippen molar-refractivity contribution in [1.82, 2.24) is 0 Å². The molecule has 0 bridgehead atoms. The molecule has 48 heavy (non-hydrogen) atoms. The van der Waals surface area contributed by atoms with Gasteiger partial charge in [0.1, 0.15) is 6.10 Å². The second kappa shape index (κ2) is 11.8. The maximum absolute atomic E-state index is 15.1. The van der Waals surface area contributed by atoms with Crippen molar-refractivity contribution in [2.75, 3.05) is 26.4 Å². The molecule has 11 heteroatoms. The number of rotatable bonds is 4. The van der Waals surface area contributed by atoms with E-state index < -0.39 is 37.3 Å². The van der Waals surface area contributed by atoms with Crippen LogP contribution in [0.15, 0.2) is 18.2 Å². The van der Waals surface area contributed by atoms with Gasteiger partial charge in [-0.3, -0.25) is 0 Å². The molecule has 1 saturated carbocycles. The van der Waals surface area contributed by atoms with Crippen LogP contribution in [-0.4, -0.2) is 34.7 Å². The van der Waals surface area contributed by atoms with E-state index in [0.717, 1.165) is 54.1 Å². The lowest BCUT2D eigenvalue weighted by Crippen LogP contribution is -2.52. The fourth-order valence-electron chi connectivity index (χ4n) is 8.73. The van der Waals surface area contributed by atoms with E-state index in [2.05, 4.69) is 33.9 Å². The van der Waals surface area contributed by atoms with Crippen molar-refractivity contribution in [2.24, 2.45) is 5.41 Å². The number of aromatic nitrogens is 1. The van der Waals surface area contributed by atoms with Crippen molar-refractivity contribution >= 4 is 8.32 Å². The summed E-state index contributed by atoms with van der Waals surface area (Å²) in [6.45, 7) is 13.2. The van der Waals surface area contributed by atoms with Crippen molar-refractivity contribution < 1.29 is 36.5 Å². The third kappa shape index (κ3) is 5.50. The second-order valence-corrected chi connectivity index (χ2v) is 21.1. The first-order valence-electron chi connectivity index (χ1n) is 17.5. The van der Waals surface area contributed by atoms with E-state index in [4.69, 9.17) is 18.6 Å². The third-order valence-electron chi connectivity index (χ3n) is 12.5. The van der Waals surface area contributed by atoms with Crippen LogP contribution in [0.5, 0.6) is 0 Å². The van der Waals surface area contributed by atoms with Crippen LogP contribution in [0, 0.1) is 22.0 Å². The molecule has 2 atom stereocenters. The van der Waals surface area contributed by atoms with Crippen LogP contribution >= 0.6 is 0 Å². The van der Waals surface area contributed by atoms with Gasteiger partial charge in [0, 0.05) is 57.2 Å². The lowest BCUT2D eigenvalue weighted by Gasteiger charge is -2.50. The smallest absolute Gasteiger partial charge is 0.417 e. The predicted octanol–water partition coefficient (Wildman–Crippen LogP) is 8.41. The highest BCUT2D eigenvalue weighted by Crippen LogP contribution is 2.61. The first-order valence-corrected chi connectivity index (χ1v) is 20.5. The van der Waals surface area contributed by atoms with Gasteiger partial charge < -0.3 is 23.8 Å². The quantitative estimate of drug-likeness (QED) is 0.183. The van der Waals surface area contributed by atoms with Crippen LogP contribution < -0.4 is 4.73 Å². The van der Waals surface area contributed by atoms with Crippen molar-refractivity contribution in [1.29, 1.82) is 5.26 Å². The maximum atomic E-state index is 15.1. The average molecular weight is 685 g/mol. The molecule has 5 aliphatic rings. The zero-order chi connectivity index (χ0) is 34.3. The van der Waals surface area contributed by atoms with E-state index in [-0.39, 0.29) is 22.5 Å². The van der Waals surface area contributed by atoms with Crippen LogP contribution in [0.2, 0.25) is 18.1 Å². The molecule has 0 amide bonds. The van der Waals surface area contributed by atoms with Gasteiger partial charge in [-0.2, -0.15) is 23.2 Å². The summed E-state index contributed by atoms with van der Waals surface area (Å²) in [5.74, 6) is -0.0969. The molecule has 1 aromatic carbocycles. The average Bonchev–Trinajstić information content (AvgIpc) is 3.32. The number of pyridine rings is 1. The molecule has 7 rings (SSSR count). The number of hydrogen-bond acceptors (Lipinski definition) is 6. The number of hydrogen-bond donors (Lipinski definition) is 0. The number of halogens is 3. The summed E-state index contributed by atoms with van der Waals surface area (Å²) >= 11 is 0. The first-order chi connectivity index (χ1) is 22.6. The summed E-state index contributed by atoms with van der Waals surface area (Å²) in [7, 11) is -2.32. The Kier molecular flexibility index (Phi) is 8.35. The highest BCUT2D eigenvalue weighted by Gasteiger charge is 2.58. The van der Waals surface area contributed by atoms with Gasteiger partial charge in [0.05, 0.1) is 40.0 Å². The molecule has 2 aromatic rings. The Balaban J connectivity index is 1.52. The predicted molar refractivity (Wildman–Crippen MR) is 175 cm³/mol. The maximum Gasteiger partial charge on any atom is 0.417 e. The van der Waals surface area contributed by atoms with Crippen LogP contribution in [0.25, 0.3) is 0 Å². The van der Waals surface area contributed by atoms with Crippen molar-refractivity contribution in [3.8, 4) is 6.07 Å². The fraction of sp³-hybridized carbons (Fsp3) is 0.676. The van der Waals surface area contributed by atoms with Crippen LogP contribution in [0.3, 0.4) is 0 Å². The monoisotopic (exact) mass is 684 g/mol. The van der Waals surface area contributed by atoms with E-state index in [1.165, 1.54) is 16.9 Å². The minimum absolute atomic E-state index is 0.0181. The summed E-state index contributed by atoms with van der Waals surface area (Å²) in [5, 5.41) is 24.9. The van der Waals surface area contributed by atoms with Crippen LogP contribution in [0.4, 0.5) is 13.2 Å². The molecule has 0 radical (unpaired) electrons. The molecule has 4 heterocycles. The molecule has 260 valence electrons. The van der Waals surface area contributed by atoms with Gasteiger partial charge in [-0.05, 0) is 73.3 Å². The Hall–Kier alpha value is -2.49.